The quantitative estimate of drug-likeness (QED) is 0.175. The third kappa shape index (κ3) is 5.08. The van der Waals surface area contributed by atoms with Gasteiger partial charge in [-0.1, -0.05) is 95.6 Å². The molecule has 1 fully saturated rings. The van der Waals surface area contributed by atoms with Crippen LogP contribution >= 0.6 is 15.9 Å². The number of aryl methyl sites for hydroxylation is 1. The number of alkyl halides is 1. The van der Waals surface area contributed by atoms with Crippen LogP contribution in [0.5, 0.6) is 0 Å². The summed E-state index contributed by atoms with van der Waals surface area (Å²) in [7, 11) is 0. The number of rotatable bonds is 10. The third-order valence-electron chi connectivity index (χ3n) is 8.81. The molecule has 1 aliphatic heterocycles. The van der Waals surface area contributed by atoms with Gasteiger partial charge in [-0.05, 0) is 54.9 Å². The highest BCUT2D eigenvalue weighted by molar-refractivity contribution is 9.10. The maximum Gasteiger partial charge on any atom is 0.246 e. The lowest BCUT2D eigenvalue weighted by Gasteiger charge is -2.41. The van der Waals surface area contributed by atoms with E-state index >= 15 is 0 Å². The Morgan fingerprint density at radius 1 is 1.10 bits per heavy atom. The number of aliphatic hydroxyl groups excluding tert-OH is 1. The van der Waals surface area contributed by atoms with Crippen molar-refractivity contribution >= 4 is 38.9 Å². The van der Waals surface area contributed by atoms with E-state index in [1.807, 2.05) is 74.5 Å². The monoisotopic (exact) mass is 620 g/mol. The number of aliphatic hydroxyl groups is 1. The van der Waals surface area contributed by atoms with Crippen LogP contribution in [0.2, 0.25) is 0 Å². The predicted molar refractivity (Wildman–Crippen MR) is 160 cm³/mol. The molecule has 2 aromatic carbocycles. The molecule has 2 aliphatic rings. The molecule has 1 saturated heterocycles. The fourth-order valence-corrected chi connectivity index (χ4v) is 7.53. The molecule has 3 N–H and O–H groups in total. The van der Waals surface area contributed by atoms with Crippen molar-refractivity contribution in [1.29, 1.82) is 0 Å². The molecule has 0 radical (unpaired) electrons. The molecule has 5 atom stereocenters. The van der Waals surface area contributed by atoms with Gasteiger partial charge in [-0.3, -0.25) is 14.5 Å². The van der Waals surface area contributed by atoms with Crippen molar-refractivity contribution in [1.82, 2.24) is 15.0 Å². The van der Waals surface area contributed by atoms with E-state index in [4.69, 9.17) is 10.3 Å². The lowest BCUT2D eigenvalue weighted by atomic mass is 9.64. The zero-order valence-corrected chi connectivity index (χ0v) is 25.3. The van der Waals surface area contributed by atoms with E-state index in [1.54, 1.807) is 6.92 Å². The molecule has 0 saturated carbocycles. The van der Waals surface area contributed by atoms with Crippen LogP contribution in [0.25, 0.3) is 11.1 Å². The van der Waals surface area contributed by atoms with E-state index < -0.39 is 27.8 Å². The molecule has 0 bridgehead atoms. The highest BCUT2D eigenvalue weighted by atomic mass is 79.9. The number of halogens is 1. The average molecular weight is 622 g/mol. The largest absolute Gasteiger partial charge is 0.392 e. The van der Waals surface area contributed by atoms with Crippen LogP contribution in [-0.4, -0.2) is 48.9 Å². The summed E-state index contributed by atoms with van der Waals surface area (Å²) < 4.78 is 4.04. The van der Waals surface area contributed by atoms with Gasteiger partial charge in [0.15, 0.2) is 5.82 Å². The van der Waals surface area contributed by atoms with E-state index in [0.717, 1.165) is 22.3 Å². The lowest BCUT2D eigenvalue weighted by molar-refractivity contribution is -0.141. The summed E-state index contributed by atoms with van der Waals surface area (Å²) in [4.78, 5) is 33.8. The van der Waals surface area contributed by atoms with Crippen LogP contribution in [0.4, 0.5) is 0 Å². The number of unbranched alkanes of at least 4 members (excludes halogenated alkanes) is 1. The number of benzene rings is 2. The second-order valence-electron chi connectivity index (χ2n) is 11.3. The van der Waals surface area contributed by atoms with Gasteiger partial charge in [0, 0.05) is 18.4 Å². The highest BCUT2D eigenvalue weighted by Crippen LogP contribution is 2.62. The SMILES string of the molecule is CCC1(Br)C(=O)N(CCCC[C@H](N)c2nc(C)no2)C(=O)C1C1(C)C(c2ccccc2)=C(c2ccccc2)CC1O. The number of hydrogen-bond donors (Lipinski definition) is 2. The first kappa shape index (κ1) is 29.4. The Morgan fingerprint density at radius 2 is 1.73 bits per heavy atom. The Morgan fingerprint density at radius 3 is 2.32 bits per heavy atom. The first-order valence-corrected chi connectivity index (χ1v) is 15.0. The molecule has 216 valence electrons. The van der Waals surface area contributed by atoms with E-state index in [0.29, 0.717) is 43.8 Å². The van der Waals surface area contributed by atoms with Gasteiger partial charge in [-0.25, -0.2) is 0 Å². The fraction of sp³-hybridized carbons (Fsp3) is 0.438. The second-order valence-corrected chi connectivity index (χ2v) is 12.7. The van der Waals surface area contributed by atoms with Crippen LogP contribution in [0, 0.1) is 18.3 Å². The molecule has 1 aromatic heterocycles. The van der Waals surface area contributed by atoms with Gasteiger partial charge in [0.2, 0.25) is 17.7 Å². The topological polar surface area (TPSA) is 123 Å². The second kappa shape index (κ2) is 11.6. The van der Waals surface area contributed by atoms with Gasteiger partial charge in [0.25, 0.3) is 0 Å². The minimum absolute atomic E-state index is 0.249. The summed E-state index contributed by atoms with van der Waals surface area (Å²) in [6.45, 7) is 5.88. The van der Waals surface area contributed by atoms with Gasteiger partial charge >= 0.3 is 0 Å². The van der Waals surface area contributed by atoms with Crippen molar-refractivity contribution in [2.75, 3.05) is 6.54 Å². The third-order valence-corrected chi connectivity index (χ3v) is 10.2. The van der Waals surface area contributed by atoms with Gasteiger partial charge in [-0.15, -0.1) is 0 Å². The number of carbonyl (C=O) groups is 2. The van der Waals surface area contributed by atoms with Gasteiger partial charge in [0.1, 0.15) is 4.32 Å². The number of likely N-dealkylation sites (tertiary alicyclic amines) is 1. The number of aromatic nitrogens is 2. The van der Waals surface area contributed by atoms with E-state index in [9.17, 15) is 14.7 Å². The van der Waals surface area contributed by atoms with E-state index in [1.165, 1.54) is 4.90 Å². The smallest absolute Gasteiger partial charge is 0.246 e. The molecular formula is C32H37BrN4O4. The number of amides is 2. The van der Waals surface area contributed by atoms with Crippen molar-refractivity contribution in [3.63, 3.8) is 0 Å². The van der Waals surface area contributed by atoms with Gasteiger partial charge in [-0.2, -0.15) is 4.98 Å². The molecule has 2 amide bonds. The first-order valence-electron chi connectivity index (χ1n) is 14.3. The molecule has 2 heterocycles. The minimum Gasteiger partial charge on any atom is -0.392 e. The van der Waals surface area contributed by atoms with Crippen molar-refractivity contribution in [2.45, 2.75) is 69.3 Å². The average Bonchev–Trinajstić information content (AvgIpc) is 3.59. The van der Waals surface area contributed by atoms with Crippen molar-refractivity contribution in [2.24, 2.45) is 17.1 Å². The fourth-order valence-electron chi connectivity index (χ4n) is 6.65. The van der Waals surface area contributed by atoms with Crippen LogP contribution in [0.15, 0.2) is 65.2 Å². The number of hydrogen-bond acceptors (Lipinski definition) is 7. The Kier molecular flexibility index (Phi) is 8.32. The summed E-state index contributed by atoms with van der Waals surface area (Å²) in [5, 5.41) is 15.6. The number of imide groups is 1. The molecule has 3 aromatic rings. The maximum absolute atomic E-state index is 14.3. The van der Waals surface area contributed by atoms with Crippen LogP contribution < -0.4 is 5.73 Å². The summed E-state index contributed by atoms with van der Waals surface area (Å²) in [6, 6.07) is 19.5. The van der Waals surface area contributed by atoms with Crippen molar-refractivity contribution < 1.29 is 19.2 Å². The summed E-state index contributed by atoms with van der Waals surface area (Å²) >= 11 is 3.78. The summed E-state index contributed by atoms with van der Waals surface area (Å²) in [5.74, 6) is -0.373. The van der Waals surface area contributed by atoms with Crippen molar-refractivity contribution in [3.05, 3.63) is 83.5 Å². The van der Waals surface area contributed by atoms with Gasteiger partial charge < -0.3 is 15.4 Å². The van der Waals surface area contributed by atoms with Crippen LogP contribution in [-0.2, 0) is 9.59 Å². The zero-order chi connectivity index (χ0) is 29.4. The number of carbonyl (C=O) groups excluding carboxylic acids is 2. The molecule has 1 aliphatic carbocycles. The van der Waals surface area contributed by atoms with Crippen molar-refractivity contribution in [3.8, 4) is 0 Å². The maximum atomic E-state index is 14.3. The first-order chi connectivity index (χ1) is 19.6. The zero-order valence-electron chi connectivity index (χ0n) is 23.7. The molecule has 41 heavy (non-hydrogen) atoms. The molecule has 9 heteroatoms. The Balaban J connectivity index is 1.46. The Labute approximate surface area is 249 Å². The number of nitrogens with two attached hydrogens (primary N) is 1. The highest BCUT2D eigenvalue weighted by Gasteiger charge is 2.67. The minimum atomic E-state index is -1.14. The number of nitrogens with zero attached hydrogens (tertiary/aromatic N) is 3. The Hall–Kier alpha value is -3.14. The normalized spacial score (nSPS) is 27.2. The molecular weight excluding hydrogens is 584 g/mol. The molecule has 4 unspecified atom stereocenters. The predicted octanol–water partition coefficient (Wildman–Crippen LogP) is 5.46. The van der Waals surface area contributed by atoms with E-state index in [-0.39, 0.29) is 18.4 Å². The molecule has 8 nitrogen and oxygen atoms in total. The van der Waals surface area contributed by atoms with Gasteiger partial charge in [0.05, 0.1) is 18.1 Å². The van der Waals surface area contributed by atoms with Crippen LogP contribution in [0.1, 0.15) is 74.8 Å². The summed E-state index contributed by atoms with van der Waals surface area (Å²) in [6.07, 6.45) is 1.81. The van der Waals surface area contributed by atoms with Crippen LogP contribution in [0.3, 0.4) is 0 Å². The summed E-state index contributed by atoms with van der Waals surface area (Å²) in [5.41, 5.74) is 9.07. The molecule has 0 spiro atoms. The Bertz CT molecular complexity index is 1440. The van der Waals surface area contributed by atoms with E-state index in [2.05, 4.69) is 26.1 Å². The molecule has 5 rings (SSSR count). The lowest BCUT2D eigenvalue weighted by Crippen LogP contribution is -2.49. The standard InChI is InChI=1S/C32H37BrN4O4/c1-4-32(33)27(29(39)37(30(32)40)18-12-11-17-24(34)28-35-20(2)36-41-28)31(3)25(38)19-23(21-13-7-5-8-14-21)26(31)22-15-9-6-10-16-22/h5-10,13-16,24-25,27,38H,4,11-12,17-19,34H2,1-3H3/t24-,25?,27?,31?,32?/m0/s1.